The van der Waals surface area contributed by atoms with Crippen LogP contribution in [0.5, 0.6) is 5.75 Å². The van der Waals surface area contributed by atoms with Crippen LogP contribution in [0.2, 0.25) is 0 Å². The van der Waals surface area contributed by atoms with Crippen molar-refractivity contribution in [2.24, 2.45) is 0 Å². The number of nitrogens with two attached hydrogens (primary N) is 1. The predicted molar refractivity (Wildman–Crippen MR) is 112 cm³/mol. The van der Waals surface area contributed by atoms with Crippen molar-refractivity contribution in [1.82, 2.24) is 0 Å². The van der Waals surface area contributed by atoms with E-state index in [0.29, 0.717) is 5.75 Å². The topological polar surface area (TPSA) is 111 Å². The molecule has 1 atom stereocenters. The summed E-state index contributed by atoms with van der Waals surface area (Å²) in [7, 11) is 1.43. The number of fused-ring (bicyclic) bond motifs is 1. The van der Waals surface area contributed by atoms with Gasteiger partial charge in [0.15, 0.2) is 0 Å². The number of nitrogens with one attached hydrogen (secondary N) is 1. The normalized spacial score (nSPS) is 13.7. The van der Waals surface area contributed by atoms with Crippen LogP contribution in [0.1, 0.15) is 18.9 Å². The van der Waals surface area contributed by atoms with Crippen molar-refractivity contribution in [2.45, 2.75) is 25.8 Å². The summed E-state index contributed by atoms with van der Waals surface area (Å²) in [5.41, 5.74) is 8.70. The van der Waals surface area contributed by atoms with Gasteiger partial charge >= 0.3 is 0 Å². The van der Waals surface area contributed by atoms with Gasteiger partial charge in [0.2, 0.25) is 5.91 Å². The van der Waals surface area contributed by atoms with Gasteiger partial charge in [-0.1, -0.05) is 6.07 Å². The van der Waals surface area contributed by atoms with Crippen LogP contribution in [0.4, 0.5) is 22.7 Å². The smallest absolute Gasteiger partial charge is 0.296 e. The minimum Gasteiger partial charge on any atom is -0.496 e. The molecule has 2 aromatic carbocycles. The van der Waals surface area contributed by atoms with Crippen molar-refractivity contribution < 1.29 is 14.5 Å². The molecule has 0 saturated heterocycles. The Morgan fingerprint density at radius 1 is 1.36 bits per heavy atom. The molecule has 3 N–H and O–H groups in total. The van der Waals surface area contributed by atoms with Gasteiger partial charge in [-0.2, -0.15) is 0 Å². The number of rotatable bonds is 5. The molecule has 0 spiro atoms. The first kappa shape index (κ1) is 21.3. The van der Waals surface area contributed by atoms with E-state index < -0.39 is 11.0 Å². The highest BCUT2D eigenvalue weighted by atomic mass is 35.5. The van der Waals surface area contributed by atoms with E-state index in [-0.39, 0.29) is 29.7 Å². The fraction of sp³-hybridized carbons (Fsp3) is 0.316. The quantitative estimate of drug-likeness (QED) is 0.447. The molecular weight excluding hydrogens is 384 g/mol. The fourth-order valence-corrected chi connectivity index (χ4v) is 3.36. The summed E-state index contributed by atoms with van der Waals surface area (Å²) in [5.74, 6) is 0.0340. The van der Waals surface area contributed by atoms with Crippen molar-refractivity contribution in [3.8, 4) is 5.75 Å². The monoisotopic (exact) mass is 406 g/mol. The number of nitro groups is 1. The van der Waals surface area contributed by atoms with Gasteiger partial charge < -0.3 is 20.7 Å². The Morgan fingerprint density at radius 2 is 2.11 bits per heavy atom. The van der Waals surface area contributed by atoms with E-state index in [0.717, 1.165) is 36.3 Å². The summed E-state index contributed by atoms with van der Waals surface area (Å²) in [4.78, 5) is 25.6. The number of nitro benzene ring substituents is 1. The van der Waals surface area contributed by atoms with Crippen LogP contribution in [0.15, 0.2) is 36.4 Å². The maximum absolute atomic E-state index is 12.8. The summed E-state index contributed by atoms with van der Waals surface area (Å²) in [6, 6.07) is 9.50. The molecular formula is C19H23ClN4O4. The summed E-state index contributed by atoms with van der Waals surface area (Å²) in [5, 5.41) is 14.0. The summed E-state index contributed by atoms with van der Waals surface area (Å²) >= 11 is 0. The Bertz CT molecular complexity index is 890. The van der Waals surface area contributed by atoms with Gasteiger partial charge in [-0.3, -0.25) is 14.9 Å². The number of hydrogen-bond donors (Lipinski definition) is 2. The van der Waals surface area contributed by atoms with E-state index in [1.807, 2.05) is 23.1 Å². The van der Waals surface area contributed by atoms with Crippen molar-refractivity contribution >= 4 is 41.1 Å². The zero-order valence-corrected chi connectivity index (χ0v) is 16.5. The van der Waals surface area contributed by atoms with Crippen molar-refractivity contribution in [1.29, 1.82) is 0 Å². The molecule has 0 aliphatic carbocycles. The lowest BCUT2D eigenvalue weighted by Gasteiger charge is -2.36. The van der Waals surface area contributed by atoms with Crippen molar-refractivity contribution in [3.05, 3.63) is 52.1 Å². The first-order valence-corrected chi connectivity index (χ1v) is 8.69. The molecule has 0 aromatic heterocycles. The highest BCUT2D eigenvalue weighted by Gasteiger charge is 2.28. The number of nitrogens with zero attached hydrogens (tertiary/aromatic N) is 2. The third kappa shape index (κ3) is 4.12. The number of carbonyl (C=O) groups is 1. The maximum Gasteiger partial charge on any atom is 0.296 e. The van der Waals surface area contributed by atoms with Crippen LogP contribution in [0, 0.1) is 10.1 Å². The Morgan fingerprint density at radius 3 is 2.79 bits per heavy atom. The molecule has 0 bridgehead atoms. The number of nitrogen functional groups attached to an aromatic ring is 1. The van der Waals surface area contributed by atoms with Crippen LogP contribution in [-0.2, 0) is 11.2 Å². The Balaban J connectivity index is 0.00000280. The number of anilines is 3. The third-order valence-electron chi connectivity index (χ3n) is 4.83. The molecule has 1 aliphatic heterocycles. The minimum atomic E-state index is -0.542. The number of ether oxygens (including phenoxy) is 1. The van der Waals surface area contributed by atoms with Crippen LogP contribution in [-0.4, -0.2) is 30.5 Å². The number of carbonyl (C=O) groups excluding carboxylic acids is 1. The number of amides is 1. The molecule has 1 unspecified atom stereocenters. The zero-order valence-electron chi connectivity index (χ0n) is 15.7. The van der Waals surface area contributed by atoms with Crippen LogP contribution < -0.4 is 20.7 Å². The fourth-order valence-electron chi connectivity index (χ4n) is 3.36. The van der Waals surface area contributed by atoms with Gasteiger partial charge in [-0.15, -0.1) is 12.4 Å². The Labute approximate surface area is 169 Å². The maximum atomic E-state index is 12.8. The van der Waals surface area contributed by atoms with Gasteiger partial charge in [-0.25, -0.2) is 0 Å². The van der Waals surface area contributed by atoms with E-state index in [1.165, 1.54) is 19.2 Å². The first-order valence-electron chi connectivity index (χ1n) is 8.69. The summed E-state index contributed by atoms with van der Waals surface area (Å²) in [6.45, 7) is 2.50. The average molecular weight is 407 g/mol. The second-order valence-corrected chi connectivity index (χ2v) is 6.45. The van der Waals surface area contributed by atoms with Crippen molar-refractivity contribution in [3.63, 3.8) is 0 Å². The molecule has 8 nitrogen and oxygen atoms in total. The second-order valence-electron chi connectivity index (χ2n) is 6.45. The molecule has 0 radical (unpaired) electrons. The molecule has 0 fully saturated rings. The highest BCUT2D eigenvalue weighted by Crippen LogP contribution is 2.33. The standard InChI is InChI=1S/C19H22N4O4.ClH/c1-12(22-10-4-5-14-15(20)6-3-7-17(14)22)19(24)21-16-9-8-13(27-2)11-18(16)23(25)26;/h3,6-9,11-12H,4-5,10,20H2,1-2H3,(H,21,24);1H. The third-order valence-corrected chi connectivity index (χ3v) is 4.83. The van der Waals surface area contributed by atoms with Crippen LogP contribution in [0.3, 0.4) is 0 Å². The van der Waals surface area contributed by atoms with Gasteiger partial charge in [-0.05, 0) is 49.6 Å². The van der Waals surface area contributed by atoms with E-state index in [2.05, 4.69) is 5.32 Å². The molecule has 150 valence electrons. The molecule has 3 rings (SSSR count). The van der Waals surface area contributed by atoms with Gasteiger partial charge in [0, 0.05) is 17.9 Å². The Hall–Kier alpha value is -3.00. The molecule has 1 aliphatic rings. The lowest BCUT2D eigenvalue weighted by molar-refractivity contribution is -0.384. The molecule has 28 heavy (non-hydrogen) atoms. The minimum absolute atomic E-state index is 0. The number of methoxy groups -OCH3 is 1. The first-order chi connectivity index (χ1) is 12.9. The van der Waals surface area contributed by atoms with Gasteiger partial charge in [0.1, 0.15) is 17.5 Å². The predicted octanol–water partition coefficient (Wildman–Crippen LogP) is 3.39. The van der Waals surface area contributed by atoms with Crippen LogP contribution in [0.25, 0.3) is 0 Å². The number of benzene rings is 2. The lowest BCUT2D eigenvalue weighted by Crippen LogP contribution is -2.44. The number of hydrogen-bond acceptors (Lipinski definition) is 6. The average Bonchev–Trinajstić information content (AvgIpc) is 2.67. The summed E-state index contributed by atoms with van der Waals surface area (Å²) in [6.07, 6.45) is 1.76. The lowest BCUT2D eigenvalue weighted by atomic mass is 9.98. The SMILES string of the molecule is COc1ccc(NC(=O)C(C)N2CCCc3c(N)cccc32)c([N+](=O)[O-])c1.Cl. The van der Waals surface area contributed by atoms with E-state index in [9.17, 15) is 14.9 Å². The molecule has 1 heterocycles. The largest absolute Gasteiger partial charge is 0.496 e. The van der Waals surface area contributed by atoms with Gasteiger partial charge in [0.05, 0.1) is 18.1 Å². The molecule has 2 aromatic rings. The van der Waals surface area contributed by atoms with E-state index >= 15 is 0 Å². The highest BCUT2D eigenvalue weighted by molar-refractivity contribution is 5.98. The van der Waals surface area contributed by atoms with Gasteiger partial charge in [0.25, 0.3) is 5.69 Å². The zero-order chi connectivity index (χ0) is 19.6. The molecule has 1 amide bonds. The summed E-state index contributed by atoms with van der Waals surface area (Å²) < 4.78 is 5.02. The Kier molecular flexibility index (Phi) is 6.69. The van der Waals surface area contributed by atoms with E-state index in [1.54, 1.807) is 13.0 Å². The van der Waals surface area contributed by atoms with E-state index in [4.69, 9.17) is 10.5 Å². The molecule has 0 saturated carbocycles. The second kappa shape index (κ2) is 8.79. The van der Waals surface area contributed by atoms with Crippen LogP contribution >= 0.6 is 12.4 Å². The van der Waals surface area contributed by atoms with Crippen molar-refractivity contribution in [2.75, 3.05) is 29.6 Å². The number of halogens is 1. The molecule has 9 heteroatoms.